The van der Waals surface area contributed by atoms with E-state index in [-0.39, 0.29) is 69.5 Å². The molecule has 4 aromatic carbocycles. The Balaban J connectivity index is 0.000000521. The molecule has 0 aliphatic carbocycles. The minimum atomic E-state index is -1.03. The summed E-state index contributed by atoms with van der Waals surface area (Å²) in [5, 5.41) is 47.3. The Morgan fingerprint density at radius 1 is 0.638 bits per heavy atom. The molecule has 0 radical (unpaired) electrons. The van der Waals surface area contributed by atoms with Gasteiger partial charge in [0.25, 0.3) is 0 Å². The number of benzene rings is 4. The third-order valence-corrected chi connectivity index (χ3v) is 8.02. The SMILES string of the molecule is C.Cc1cc(-c2ccc(O)c(C)c2)ccc1O.Cc1cc(C(C)(CCCOC(=O)CCC(=O)O)c2ccc(O)c(C)c2)ccc1O.[U]. The fourth-order valence-electron chi connectivity index (χ4n) is 5.02. The summed E-state index contributed by atoms with van der Waals surface area (Å²) in [6, 6.07) is 22.0. The fraction of sp³-hybridized carbons (Fsp3) is 0.316. The number of hydrogen-bond donors (Lipinski definition) is 5. The van der Waals surface area contributed by atoms with E-state index in [0.29, 0.717) is 24.3 Å². The summed E-state index contributed by atoms with van der Waals surface area (Å²) < 4.78 is 5.16. The van der Waals surface area contributed by atoms with Gasteiger partial charge < -0.3 is 30.3 Å². The zero-order valence-electron chi connectivity index (χ0n) is 26.9. The monoisotopic (exact) mass is 868 g/mol. The predicted molar refractivity (Wildman–Crippen MR) is 181 cm³/mol. The summed E-state index contributed by atoms with van der Waals surface area (Å²) in [4.78, 5) is 22.2. The van der Waals surface area contributed by atoms with Gasteiger partial charge in [-0.15, -0.1) is 0 Å². The van der Waals surface area contributed by atoms with Crippen molar-refractivity contribution >= 4 is 11.9 Å². The van der Waals surface area contributed by atoms with Crippen molar-refractivity contribution in [3.63, 3.8) is 0 Å². The van der Waals surface area contributed by atoms with Crippen LogP contribution in [0.25, 0.3) is 11.1 Å². The number of rotatable bonds is 10. The van der Waals surface area contributed by atoms with Crippen LogP contribution in [0.5, 0.6) is 23.0 Å². The number of aliphatic carboxylic acids is 1. The van der Waals surface area contributed by atoms with Crippen molar-refractivity contribution in [1.29, 1.82) is 0 Å². The van der Waals surface area contributed by atoms with Crippen molar-refractivity contribution in [2.24, 2.45) is 0 Å². The first-order valence-corrected chi connectivity index (χ1v) is 14.8. The molecule has 0 saturated heterocycles. The van der Waals surface area contributed by atoms with Crippen LogP contribution in [0.15, 0.2) is 72.8 Å². The van der Waals surface area contributed by atoms with Crippen LogP contribution in [-0.4, -0.2) is 44.1 Å². The first-order chi connectivity index (χ1) is 21.2. The van der Waals surface area contributed by atoms with Gasteiger partial charge in [-0.1, -0.05) is 50.7 Å². The number of hydrogen-bond acceptors (Lipinski definition) is 7. The van der Waals surface area contributed by atoms with Gasteiger partial charge in [-0.05, 0) is 121 Å². The topological polar surface area (TPSA) is 145 Å². The number of carbonyl (C=O) groups is 2. The second kappa shape index (κ2) is 18.4. The summed E-state index contributed by atoms with van der Waals surface area (Å²) in [6.45, 7) is 9.69. The van der Waals surface area contributed by atoms with Crippen molar-refractivity contribution in [3.05, 3.63) is 106 Å². The molecular formula is C38H46O8U. The minimum Gasteiger partial charge on any atom is -0.508 e. The van der Waals surface area contributed by atoms with Gasteiger partial charge >= 0.3 is 11.9 Å². The molecule has 0 bridgehead atoms. The first kappa shape index (κ1) is 41.1. The molecule has 5 N–H and O–H groups in total. The van der Waals surface area contributed by atoms with Gasteiger partial charge in [0.05, 0.1) is 19.4 Å². The number of carbonyl (C=O) groups excluding carboxylic acids is 1. The van der Waals surface area contributed by atoms with Crippen LogP contribution >= 0.6 is 0 Å². The molecule has 8 nitrogen and oxygen atoms in total. The molecule has 4 aromatic rings. The summed E-state index contributed by atoms with van der Waals surface area (Å²) in [5.41, 5.74) is 6.91. The molecule has 0 atom stereocenters. The molecule has 0 saturated carbocycles. The summed E-state index contributed by atoms with van der Waals surface area (Å²) >= 11 is 0. The molecule has 0 unspecified atom stereocenters. The number of phenols is 4. The van der Waals surface area contributed by atoms with Crippen LogP contribution in [0.2, 0.25) is 0 Å². The van der Waals surface area contributed by atoms with E-state index in [9.17, 15) is 30.0 Å². The van der Waals surface area contributed by atoms with Crippen molar-refractivity contribution in [2.45, 2.75) is 73.1 Å². The maximum Gasteiger partial charge on any atom is 0.306 e. The van der Waals surface area contributed by atoms with Crippen molar-refractivity contribution in [2.75, 3.05) is 6.61 Å². The molecule has 47 heavy (non-hydrogen) atoms. The number of carboxylic acid groups (broad SMARTS) is 1. The van der Waals surface area contributed by atoms with Gasteiger partial charge in [0.1, 0.15) is 23.0 Å². The van der Waals surface area contributed by atoms with E-state index < -0.39 is 17.4 Å². The molecule has 0 amide bonds. The predicted octanol–water partition coefficient (Wildman–Crippen LogP) is 8.23. The molecular weight excluding hydrogens is 822 g/mol. The zero-order valence-corrected chi connectivity index (χ0v) is 31.1. The first-order valence-electron chi connectivity index (χ1n) is 14.8. The van der Waals surface area contributed by atoms with Crippen molar-refractivity contribution in [3.8, 4) is 34.1 Å². The standard InChI is InChI=1S/C23H28O6.C14H14O2.CH4.U/c1-15-13-17(5-7-19(15)24)23(3,18-6-8-20(25)16(2)14-18)11-4-12-29-22(28)10-9-21(26)27;1-9-7-11(3-5-13(9)15)12-4-6-14(16)10(2)8-12;;/h5-8,13-14,24-25H,4,9-12H2,1-3H3,(H,26,27);3-8,15-16H,1-2H3;1H4;. The van der Waals surface area contributed by atoms with Crippen LogP contribution < -0.4 is 0 Å². The van der Waals surface area contributed by atoms with Gasteiger partial charge in [-0.3, -0.25) is 9.59 Å². The Labute approximate surface area is 301 Å². The molecule has 4 rings (SSSR count). The van der Waals surface area contributed by atoms with E-state index in [1.54, 1.807) is 24.3 Å². The van der Waals surface area contributed by atoms with Crippen molar-refractivity contribution in [1.82, 2.24) is 0 Å². The van der Waals surface area contributed by atoms with E-state index in [1.807, 2.05) is 76.2 Å². The Morgan fingerprint density at radius 2 is 1.02 bits per heavy atom. The van der Waals surface area contributed by atoms with Crippen LogP contribution in [0.3, 0.4) is 0 Å². The second-order valence-corrected chi connectivity index (χ2v) is 11.6. The smallest absolute Gasteiger partial charge is 0.306 e. The molecule has 0 aliphatic rings. The average molecular weight is 869 g/mol. The van der Waals surface area contributed by atoms with E-state index >= 15 is 0 Å². The van der Waals surface area contributed by atoms with Gasteiger partial charge in [0, 0.05) is 36.5 Å². The van der Waals surface area contributed by atoms with E-state index in [4.69, 9.17) is 9.84 Å². The summed E-state index contributed by atoms with van der Waals surface area (Å²) in [5.74, 6) is -0.482. The second-order valence-electron chi connectivity index (χ2n) is 11.6. The third kappa shape index (κ3) is 11.4. The minimum absolute atomic E-state index is 0. The summed E-state index contributed by atoms with van der Waals surface area (Å²) in [7, 11) is 0. The quantitative estimate of drug-likeness (QED) is 0.0793. The van der Waals surface area contributed by atoms with E-state index in [0.717, 1.165) is 44.5 Å². The molecule has 0 heterocycles. The summed E-state index contributed by atoms with van der Waals surface area (Å²) in [6.07, 6.45) is 0.861. The van der Waals surface area contributed by atoms with Gasteiger partial charge in [-0.2, -0.15) is 0 Å². The van der Waals surface area contributed by atoms with Gasteiger partial charge in [0.2, 0.25) is 0 Å². The zero-order chi connectivity index (χ0) is 33.3. The number of phenolic OH excluding ortho intramolecular Hbond substituents is 4. The Bertz CT molecular complexity index is 1560. The fourth-order valence-corrected chi connectivity index (χ4v) is 5.02. The molecule has 0 aromatic heterocycles. The molecule has 0 aliphatic heterocycles. The Morgan fingerprint density at radius 3 is 1.38 bits per heavy atom. The van der Waals surface area contributed by atoms with E-state index in [1.165, 1.54) is 0 Å². The normalized spacial score (nSPS) is 10.5. The largest absolute Gasteiger partial charge is 0.508 e. The van der Waals surface area contributed by atoms with Crippen LogP contribution in [-0.2, 0) is 19.7 Å². The molecule has 250 valence electrons. The number of aryl methyl sites for hydroxylation is 4. The number of esters is 1. The Kier molecular flexibility index (Phi) is 16.1. The van der Waals surface area contributed by atoms with Gasteiger partial charge in [-0.25, -0.2) is 0 Å². The maximum atomic E-state index is 11.6. The molecule has 9 heteroatoms. The number of carboxylic acids is 1. The van der Waals surface area contributed by atoms with Crippen LogP contribution in [0.1, 0.15) is 73.4 Å². The Hall–Kier alpha value is -3.93. The molecule has 0 spiro atoms. The number of ether oxygens (including phenoxy) is 1. The maximum absolute atomic E-state index is 11.6. The van der Waals surface area contributed by atoms with Crippen molar-refractivity contribution < 1.29 is 71.0 Å². The third-order valence-electron chi connectivity index (χ3n) is 8.02. The molecule has 0 fully saturated rings. The average Bonchev–Trinajstić information content (AvgIpc) is 3.00. The number of aromatic hydroxyl groups is 4. The van der Waals surface area contributed by atoms with Crippen LogP contribution in [0, 0.1) is 58.8 Å². The van der Waals surface area contributed by atoms with Gasteiger partial charge in [0.15, 0.2) is 0 Å². The van der Waals surface area contributed by atoms with Crippen LogP contribution in [0.4, 0.5) is 0 Å². The van der Waals surface area contributed by atoms with E-state index in [2.05, 4.69) is 6.92 Å².